The molecule has 0 unspecified atom stereocenters. The Labute approximate surface area is 378 Å². The molecule has 1 fully saturated rings. The Kier molecular flexibility index (Phi) is 15.8. The van der Waals surface area contributed by atoms with E-state index < -0.39 is 43.1 Å². The van der Waals surface area contributed by atoms with Crippen molar-refractivity contribution in [1.29, 1.82) is 0 Å². The number of amides is 2. The minimum Gasteiger partial charge on any atom is -0.530 e. The van der Waals surface area contributed by atoms with Gasteiger partial charge < -0.3 is 25.0 Å². The van der Waals surface area contributed by atoms with Crippen LogP contribution in [-0.2, 0) is 16.6 Å². The number of nitrogens with zero attached hydrogens (tertiary/aromatic N) is 4. The number of piperazine rings is 1. The first-order valence-corrected chi connectivity index (χ1v) is 23.6. The van der Waals surface area contributed by atoms with E-state index >= 15 is 0 Å². The molecule has 332 valence electrons. The van der Waals surface area contributed by atoms with Gasteiger partial charge in [0, 0.05) is 83.8 Å². The first-order chi connectivity index (χ1) is 30.1. The predicted octanol–water partition coefficient (Wildman–Crippen LogP) is 8.54. The number of carboxylic acid groups (broad SMARTS) is 1. The summed E-state index contributed by atoms with van der Waals surface area (Å²) in [5.74, 6) is -0.339. The molecule has 0 bridgehead atoms. The molecule has 0 radical (unpaired) electrons. The number of carbonyl (C=O) groups is 2. The second-order valence-corrected chi connectivity index (χ2v) is 19.6. The van der Waals surface area contributed by atoms with Gasteiger partial charge in [0.1, 0.15) is 11.8 Å². The summed E-state index contributed by atoms with van der Waals surface area (Å²) < 4.78 is 29.0. The highest BCUT2D eigenvalue weighted by Crippen LogP contribution is 2.31. The van der Waals surface area contributed by atoms with Gasteiger partial charge in [0.2, 0.25) is 0 Å². The molecule has 63 heavy (non-hydrogen) atoms. The molecule has 2 N–H and O–H groups in total. The summed E-state index contributed by atoms with van der Waals surface area (Å²) in [6.07, 6.45) is 0.454. The zero-order chi connectivity index (χ0) is 45.1. The standard InChI is InChI=1S/C47H53ClN6O7S2/c1-47(2,3)53(46(56)57)26-10-9-12-38(33-62-40-13-5-4-6-14-40)49-43-25-24-41(31-44(43)54(58)59)63(60,61)50-45(55)35-18-22-39(23-19-35)52-29-27-51(28-30-52)32-36-11-7-8-15-42(36)34-16-20-37(48)21-17-34/h4-8,11,13-25,31,38,49H,9-10,12,26-30,32-33H2,1-3H3,(H,50,55)(H,56,57)/p-1/t38-/m1/s1. The van der Waals surface area contributed by atoms with E-state index in [4.69, 9.17) is 11.6 Å². The third-order valence-electron chi connectivity index (χ3n) is 10.9. The largest absolute Gasteiger partial charge is 0.530 e. The van der Waals surface area contributed by atoms with E-state index in [1.54, 1.807) is 56.8 Å². The lowest BCUT2D eigenvalue weighted by molar-refractivity contribution is -0.384. The summed E-state index contributed by atoms with van der Waals surface area (Å²) >= 11 is 7.68. The van der Waals surface area contributed by atoms with Crippen molar-refractivity contribution in [3.8, 4) is 11.1 Å². The maximum atomic E-state index is 13.5. The van der Waals surface area contributed by atoms with Crippen LogP contribution in [0, 0.1) is 10.1 Å². The number of carbonyl (C=O) groups excluding carboxylic acids is 2. The van der Waals surface area contributed by atoms with Crippen LogP contribution in [0.3, 0.4) is 0 Å². The Hall–Kier alpha value is -5.61. The number of hydrogen-bond acceptors (Lipinski definition) is 11. The molecular weight excluding hydrogens is 860 g/mol. The van der Waals surface area contributed by atoms with Crippen LogP contribution in [0.15, 0.2) is 131 Å². The molecule has 0 spiro atoms. The van der Waals surface area contributed by atoms with Crippen molar-refractivity contribution in [2.45, 2.75) is 68.0 Å². The van der Waals surface area contributed by atoms with Gasteiger partial charge in [-0.2, -0.15) is 0 Å². The van der Waals surface area contributed by atoms with Crippen LogP contribution < -0.4 is 20.0 Å². The van der Waals surface area contributed by atoms with E-state index in [-0.39, 0.29) is 23.8 Å². The molecule has 16 heteroatoms. The molecule has 1 heterocycles. The van der Waals surface area contributed by atoms with Crippen molar-refractivity contribution in [2.75, 3.05) is 48.7 Å². The Morgan fingerprint density at radius 1 is 0.873 bits per heavy atom. The topological polar surface area (TPSA) is 168 Å². The smallest absolute Gasteiger partial charge is 0.293 e. The summed E-state index contributed by atoms with van der Waals surface area (Å²) in [7, 11) is -4.50. The second-order valence-electron chi connectivity index (χ2n) is 16.4. The molecule has 1 aliphatic heterocycles. The number of halogens is 1. The van der Waals surface area contributed by atoms with Crippen molar-refractivity contribution in [3.63, 3.8) is 0 Å². The van der Waals surface area contributed by atoms with Crippen LogP contribution in [-0.4, -0.2) is 85.2 Å². The average Bonchev–Trinajstić information content (AvgIpc) is 3.26. The van der Waals surface area contributed by atoms with Gasteiger partial charge in [-0.05, 0) is 117 Å². The van der Waals surface area contributed by atoms with Gasteiger partial charge in [0.05, 0.1) is 9.82 Å². The fraction of sp³-hybridized carbons (Fsp3) is 0.319. The quantitative estimate of drug-likeness (QED) is 0.0374. The number of anilines is 2. The number of thioether (sulfide) groups is 1. The lowest BCUT2D eigenvalue weighted by Gasteiger charge is -2.38. The van der Waals surface area contributed by atoms with E-state index in [1.165, 1.54) is 28.2 Å². The van der Waals surface area contributed by atoms with E-state index in [2.05, 4.69) is 32.0 Å². The lowest BCUT2D eigenvalue weighted by atomic mass is 9.99. The summed E-state index contributed by atoms with van der Waals surface area (Å²) in [5.41, 5.74) is 3.56. The fourth-order valence-corrected chi connectivity index (χ4v) is 9.59. The number of nitro groups is 1. The molecule has 6 rings (SSSR count). The predicted molar refractivity (Wildman–Crippen MR) is 249 cm³/mol. The van der Waals surface area contributed by atoms with E-state index in [0.29, 0.717) is 30.0 Å². The van der Waals surface area contributed by atoms with Gasteiger partial charge in [-0.3, -0.25) is 19.8 Å². The summed E-state index contributed by atoms with van der Waals surface area (Å²) in [6, 6.07) is 35.8. The van der Waals surface area contributed by atoms with Crippen LogP contribution in [0.1, 0.15) is 56.0 Å². The summed E-state index contributed by atoms with van der Waals surface area (Å²) in [6.45, 7) is 9.64. The number of hydrogen-bond donors (Lipinski definition) is 2. The van der Waals surface area contributed by atoms with Gasteiger partial charge in [0.25, 0.3) is 21.6 Å². The number of unbranched alkanes of at least 4 members (excludes halogenated alkanes) is 1. The SMILES string of the molecule is CC(C)(C)N(CCCC[C@H](CSc1ccccc1)Nc1ccc(S(=O)(=O)NC(=O)c2ccc(N3CCN(Cc4ccccc4-c4ccc(Cl)cc4)CC3)cc2)cc1[N+](=O)[O-])C(=O)[O-]. The van der Waals surface area contributed by atoms with Crippen LogP contribution in [0.5, 0.6) is 0 Å². The first kappa shape index (κ1) is 46.9. The van der Waals surface area contributed by atoms with Gasteiger partial charge in [-0.1, -0.05) is 66.2 Å². The molecule has 5 aromatic carbocycles. The van der Waals surface area contributed by atoms with Crippen LogP contribution in [0.2, 0.25) is 5.02 Å². The van der Waals surface area contributed by atoms with Gasteiger partial charge in [-0.25, -0.2) is 13.1 Å². The van der Waals surface area contributed by atoms with Gasteiger partial charge >= 0.3 is 0 Å². The summed E-state index contributed by atoms with van der Waals surface area (Å²) in [5, 5.41) is 28.0. The van der Waals surface area contributed by atoms with Gasteiger partial charge in [0.15, 0.2) is 0 Å². The molecule has 1 aliphatic rings. The van der Waals surface area contributed by atoms with Crippen molar-refractivity contribution < 1.29 is 28.0 Å². The van der Waals surface area contributed by atoms with Crippen LogP contribution >= 0.6 is 23.4 Å². The highest BCUT2D eigenvalue weighted by atomic mass is 35.5. The Morgan fingerprint density at radius 3 is 2.19 bits per heavy atom. The number of nitro benzene ring substituents is 1. The van der Waals surface area contributed by atoms with Gasteiger partial charge in [-0.15, -0.1) is 11.8 Å². The maximum absolute atomic E-state index is 13.5. The zero-order valence-electron chi connectivity index (χ0n) is 35.5. The third kappa shape index (κ3) is 13.0. The molecule has 2 amide bonds. The fourth-order valence-electron chi connectivity index (χ4n) is 7.48. The normalized spacial score (nSPS) is 13.9. The molecule has 1 atom stereocenters. The highest BCUT2D eigenvalue weighted by molar-refractivity contribution is 7.99. The number of nitrogens with one attached hydrogen (secondary N) is 2. The van der Waals surface area contributed by atoms with E-state index in [9.17, 15) is 33.2 Å². The molecule has 5 aromatic rings. The monoisotopic (exact) mass is 911 g/mol. The first-order valence-electron chi connectivity index (χ1n) is 20.8. The third-order valence-corrected chi connectivity index (χ3v) is 13.7. The van der Waals surface area contributed by atoms with E-state index in [0.717, 1.165) is 54.9 Å². The maximum Gasteiger partial charge on any atom is 0.293 e. The van der Waals surface area contributed by atoms with Crippen molar-refractivity contribution in [3.05, 3.63) is 148 Å². The lowest BCUT2D eigenvalue weighted by Crippen LogP contribution is -2.51. The Morgan fingerprint density at radius 2 is 1.54 bits per heavy atom. The van der Waals surface area contributed by atoms with Crippen molar-refractivity contribution in [2.24, 2.45) is 0 Å². The minimum absolute atomic E-state index is 0.120. The average molecular weight is 913 g/mol. The van der Waals surface area contributed by atoms with E-state index in [1.807, 2.05) is 66.7 Å². The molecule has 13 nitrogen and oxygen atoms in total. The zero-order valence-corrected chi connectivity index (χ0v) is 37.9. The Balaban J connectivity index is 1.06. The van der Waals surface area contributed by atoms with Crippen molar-refractivity contribution in [1.82, 2.24) is 14.5 Å². The molecule has 0 saturated carbocycles. The second kappa shape index (κ2) is 21.2. The molecule has 1 saturated heterocycles. The Bertz CT molecular complexity index is 2460. The van der Waals surface area contributed by atoms with Crippen LogP contribution in [0.4, 0.5) is 21.9 Å². The molecule has 0 aromatic heterocycles. The summed E-state index contributed by atoms with van der Waals surface area (Å²) in [4.78, 5) is 43.1. The molecule has 0 aliphatic carbocycles. The number of sulfonamides is 1. The number of rotatable bonds is 18. The highest BCUT2D eigenvalue weighted by Gasteiger charge is 2.26. The minimum atomic E-state index is -4.50. The van der Waals surface area contributed by atoms with Crippen molar-refractivity contribution >= 4 is 62.4 Å². The number of benzene rings is 5. The molecular formula is C47H52ClN6O7S2-. The van der Waals surface area contributed by atoms with Crippen LogP contribution in [0.25, 0.3) is 11.1 Å².